The summed E-state index contributed by atoms with van der Waals surface area (Å²) in [4.78, 5) is 30.1. The highest BCUT2D eigenvalue weighted by molar-refractivity contribution is 9.11. The zero-order valence-electron chi connectivity index (χ0n) is 16.6. The Hall–Kier alpha value is -2.01. The van der Waals surface area contributed by atoms with Crippen LogP contribution in [0.4, 0.5) is 5.00 Å². The standard InChI is InChI=1S/C20H21BrN4O3S2/c1-3-28-20(27)17-14-6-7-25(10-13-4-5-16(21)29-13)11-15(14)30-19(17)23-18(26)12-8-22-24(2)9-12/h4-5,8-9H,3,6-7,10-11H2,1-2H3,(H,23,26). The first-order valence-corrected chi connectivity index (χ1v) is 12.0. The number of nitrogens with zero attached hydrogens (tertiary/aromatic N) is 3. The molecule has 0 spiro atoms. The third-order valence-corrected chi connectivity index (χ3v) is 7.56. The first kappa shape index (κ1) is 21.2. The van der Waals surface area contributed by atoms with Crippen molar-refractivity contribution in [2.24, 2.45) is 7.05 Å². The van der Waals surface area contributed by atoms with Crippen LogP contribution in [0, 0.1) is 0 Å². The molecule has 0 aliphatic carbocycles. The van der Waals surface area contributed by atoms with Crippen molar-refractivity contribution in [3.8, 4) is 0 Å². The van der Waals surface area contributed by atoms with Crippen LogP contribution < -0.4 is 5.32 Å². The molecule has 0 atom stereocenters. The van der Waals surface area contributed by atoms with Crippen LogP contribution in [0.25, 0.3) is 0 Å². The molecule has 4 heterocycles. The van der Waals surface area contributed by atoms with Gasteiger partial charge in [0.25, 0.3) is 5.91 Å². The number of fused-ring (bicyclic) bond motifs is 1. The summed E-state index contributed by atoms with van der Waals surface area (Å²) in [6.07, 6.45) is 3.90. The molecule has 0 unspecified atom stereocenters. The molecule has 4 rings (SSSR count). The average molecular weight is 509 g/mol. The van der Waals surface area contributed by atoms with Gasteiger partial charge in [0.2, 0.25) is 0 Å². The molecule has 0 bridgehead atoms. The van der Waals surface area contributed by atoms with Gasteiger partial charge in [0.1, 0.15) is 5.00 Å². The van der Waals surface area contributed by atoms with Gasteiger partial charge in [0.05, 0.1) is 27.7 Å². The lowest BCUT2D eigenvalue weighted by Gasteiger charge is -2.26. The summed E-state index contributed by atoms with van der Waals surface area (Å²) in [6, 6.07) is 4.19. The fourth-order valence-corrected chi connectivity index (χ4v) is 6.27. The van der Waals surface area contributed by atoms with Gasteiger partial charge in [-0.15, -0.1) is 22.7 Å². The number of anilines is 1. The Morgan fingerprint density at radius 2 is 2.17 bits per heavy atom. The number of hydrogen-bond donors (Lipinski definition) is 1. The maximum Gasteiger partial charge on any atom is 0.341 e. The minimum absolute atomic E-state index is 0.285. The molecule has 0 radical (unpaired) electrons. The predicted octanol–water partition coefficient (Wildman–Crippen LogP) is 4.29. The molecule has 1 amide bonds. The Morgan fingerprint density at radius 1 is 1.33 bits per heavy atom. The number of hydrogen-bond acceptors (Lipinski definition) is 7. The second-order valence-corrected chi connectivity index (χ2v) is 10.6. The number of rotatable bonds is 6. The molecule has 1 aliphatic heterocycles. The minimum Gasteiger partial charge on any atom is -0.462 e. The molecule has 3 aromatic heterocycles. The van der Waals surface area contributed by atoms with E-state index in [0.717, 1.165) is 40.3 Å². The van der Waals surface area contributed by atoms with Gasteiger partial charge in [-0.2, -0.15) is 5.10 Å². The van der Waals surface area contributed by atoms with Gasteiger partial charge in [0, 0.05) is 42.6 Å². The summed E-state index contributed by atoms with van der Waals surface area (Å²) < 4.78 is 7.98. The number of carbonyl (C=O) groups is 2. The molecule has 1 aliphatic rings. The number of amides is 1. The number of aryl methyl sites for hydroxylation is 1. The zero-order valence-corrected chi connectivity index (χ0v) is 19.8. The number of thiophene rings is 2. The van der Waals surface area contributed by atoms with Crippen molar-refractivity contribution in [1.82, 2.24) is 14.7 Å². The number of aromatic nitrogens is 2. The van der Waals surface area contributed by atoms with Gasteiger partial charge in [0.15, 0.2) is 0 Å². The van der Waals surface area contributed by atoms with Gasteiger partial charge >= 0.3 is 5.97 Å². The highest BCUT2D eigenvalue weighted by atomic mass is 79.9. The van der Waals surface area contributed by atoms with E-state index in [1.165, 1.54) is 22.4 Å². The first-order valence-electron chi connectivity index (χ1n) is 9.52. The summed E-state index contributed by atoms with van der Waals surface area (Å²) >= 11 is 6.70. The molecule has 0 fully saturated rings. The Morgan fingerprint density at radius 3 is 2.83 bits per heavy atom. The normalized spacial score (nSPS) is 13.8. The third-order valence-electron chi connectivity index (χ3n) is 4.82. The molecular formula is C20H21BrN4O3S2. The summed E-state index contributed by atoms with van der Waals surface area (Å²) in [7, 11) is 1.76. The van der Waals surface area contributed by atoms with E-state index in [4.69, 9.17) is 4.74 Å². The lowest BCUT2D eigenvalue weighted by Crippen LogP contribution is -2.29. The van der Waals surface area contributed by atoms with Crippen molar-refractivity contribution >= 4 is 55.5 Å². The molecule has 0 aromatic carbocycles. The topological polar surface area (TPSA) is 76.5 Å². The first-order chi connectivity index (χ1) is 14.4. The SMILES string of the molecule is CCOC(=O)c1c(NC(=O)c2cnn(C)c2)sc2c1CCN(Cc1ccc(Br)s1)C2. The monoisotopic (exact) mass is 508 g/mol. The molecular weight excluding hydrogens is 488 g/mol. The fraction of sp³-hybridized carbons (Fsp3) is 0.350. The van der Waals surface area contributed by atoms with Crippen LogP contribution >= 0.6 is 38.6 Å². The van der Waals surface area contributed by atoms with Crippen LogP contribution in [0.1, 0.15) is 43.0 Å². The number of esters is 1. The van der Waals surface area contributed by atoms with E-state index in [1.807, 2.05) is 0 Å². The molecule has 3 aromatic rings. The van der Waals surface area contributed by atoms with E-state index in [2.05, 4.69) is 43.4 Å². The third kappa shape index (κ3) is 4.51. The van der Waals surface area contributed by atoms with Gasteiger partial charge < -0.3 is 10.1 Å². The van der Waals surface area contributed by atoms with E-state index < -0.39 is 0 Å². The maximum atomic E-state index is 12.7. The number of carbonyl (C=O) groups excluding carboxylic acids is 2. The van der Waals surface area contributed by atoms with E-state index in [0.29, 0.717) is 22.7 Å². The van der Waals surface area contributed by atoms with Gasteiger partial charge in [-0.05, 0) is 47.0 Å². The quantitative estimate of drug-likeness (QED) is 0.502. The minimum atomic E-state index is -0.382. The van der Waals surface area contributed by atoms with E-state index in [-0.39, 0.29) is 11.9 Å². The molecule has 30 heavy (non-hydrogen) atoms. The highest BCUT2D eigenvalue weighted by Gasteiger charge is 2.30. The van der Waals surface area contributed by atoms with Gasteiger partial charge in [-0.1, -0.05) is 0 Å². The van der Waals surface area contributed by atoms with E-state index >= 15 is 0 Å². The zero-order chi connectivity index (χ0) is 21.3. The van der Waals surface area contributed by atoms with Crippen molar-refractivity contribution < 1.29 is 14.3 Å². The van der Waals surface area contributed by atoms with Gasteiger partial charge in [-0.25, -0.2) is 4.79 Å². The summed E-state index contributed by atoms with van der Waals surface area (Å²) in [5.74, 6) is -0.667. The number of ether oxygens (including phenoxy) is 1. The van der Waals surface area contributed by atoms with Crippen LogP contribution in [-0.2, 0) is 31.3 Å². The van der Waals surface area contributed by atoms with Crippen LogP contribution in [0.3, 0.4) is 0 Å². The van der Waals surface area contributed by atoms with Crippen molar-refractivity contribution in [2.45, 2.75) is 26.4 Å². The van der Waals surface area contributed by atoms with Crippen molar-refractivity contribution in [3.05, 3.63) is 54.8 Å². The Kier molecular flexibility index (Phi) is 6.37. The largest absolute Gasteiger partial charge is 0.462 e. The smallest absolute Gasteiger partial charge is 0.341 e. The second-order valence-electron chi connectivity index (χ2n) is 6.95. The van der Waals surface area contributed by atoms with Crippen LogP contribution in [0.2, 0.25) is 0 Å². The van der Waals surface area contributed by atoms with Crippen LogP contribution in [0.15, 0.2) is 28.3 Å². The lowest BCUT2D eigenvalue weighted by molar-refractivity contribution is 0.0526. The molecule has 7 nitrogen and oxygen atoms in total. The Bertz CT molecular complexity index is 1090. The van der Waals surface area contributed by atoms with Crippen LogP contribution in [-0.4, -0.2) is 39.7 Å². The fourth-order valence-electron chi connectivity index (χ4n) is 3.47. The summed E-state index contributed by atoms with van der Waals surface area (Å²) in [6.45, 7) is 4.52. The second kappa shape index (κ2) is 9.01. The molecule has 0 saturated carbocycles. The van der Waals surface area contributed by atoms with E-state index in [1.54, 1.807) is 36.2 Å². The van der Waals surface area contributed by atoms with Crippen molar-refractivity contribution in [3.63, 3.8) is 0 Å². The maximum absolute atomic E-state index is 12.7. The summed E-state index contributed by atoms with van der Waals surface area (Å²) in [5.41, 5.74) is 1.93. The highest BCUT2D eigenvalue weighted by Crippen LogP contribution is 2.38. The van der Waals surface area contributed by atoms with Gasteiger partial charge in [-0.3, -0.25) is 14.4 Å². The molecule has 158 valence electrons. The predicted molar refractivity (Wildman–Crippen MR) is 121 cm³/mol. The number of nitrogens with one attached hydrogen (secondary N) is 1. The lowest BCUT2D eigenvalue weighted by atomic mass is 10.0. The van der Waals surface area contributed by atoms with Crippen molar-refractivity contribution in [2.75, 3.05) is 18.5 Å². The van der Waals surface area contributed by atoms with E-state index in [9.17, 15) is 9.59 Å². The molecule has 0 saturated heterocycles. The van der Waals surface area contributed by atoms with Crippen LogP contribution in [0.5, 0.6) is 0 Å². The molecule has 1 N–H and O–H groups in total. The molecule has 10 heteroatoms. The Balaban J connectivity index is 1.59. The Labute approximate surface area is 190 Å². The number of halogens is 1. The average Bonchev–Trinajstić information content (AvgIpc) is 3.40. The summed E-state index contributed by atoms with van der Waals surface area (Å²) in [5, 5.41) is 7.50. The van der Waals surface area contributed by atoms with Crippen molar-refractivity contribution in [1.29, 1.82) is 0 Å².